The molecule has 0 unspecified atom stereocenters. The molecule has 2 heterocycles. The second-order valence-electron chi connectivity index (χ2n) is 5.65. The molecule has 2 fully saturated rings. The van der Waals surface area contributed by atoms with E-state index in [2.05, 4.69) is 33.4 Å². The highest BCUT2D eigenvalue weighted by Gasteiger charge is 2.35. The average molecular weight is 330 g/mol. The van der Waals surface area contributed by atoms with Crippen molar-refractivity contribution in [1.29, 1.82) is 0 Å². The third kappa shape index (κ3) is 3.35. The standard InChI is InChI=1S/C14H20BrNOS/c15-13-4-3-12(18-13)9-14(5-7-17-8-6-14)10-16-11-1-2-11/h3-4,11,16H,1-2,5-10H2. The van der Waals surface area contributed by atoms with Crippen LogP contribution in [0.1, 0.15) is 30.6 Å². The Morgan fingerprint density at radius 2 is 2.11 bits per heavy atom. The first-order valence-electron chi connectivity index (χ1n) is 6.81. The summed E-state index contributed by atoms with van der Waals surface area (Å²) in [4.78, 5) is 1.50. The van der Waals surface area contributed by atoms with E-state index in [1.165, 1.54) is 40.8 Å². The summed E-state index contributed by atoms with van der Waals surface area (Å²) in [5.41, 5.74) is 0.422. The number of rotatable bonds is 5. The van der Waals surface area contributed by atoms with Crippen LogP contribution in [0.5, 0.6) is 0 Å². The van der Waals surface area contributed by atoms with E-state index in [0.717, 1.165) is 25.8 Å². The Balaban J connectivity index is 1.66. The van der Waals surface area contributed by atoms with Crippen LogP contribution in [0.25, 0.3) is 0 Å². The highest BCUT2D eigenvalue weighted by Crippen LogP contribution is 2.37. The molecule has 1 aliphatic carbocycles. The molecule has 1 saturated heterocycles. The Morgan fingerprint density at radius 3 is 2.72 bits per heavy atom. The molecule has 0 atom stereocenters. The molecule has 2 aliphatic rings. The zero-order chi connectivity index (χ0) is 12.4. The molecular formula is C14H20BrNOS. The first kappa shape index (κ1) is 13.1. The lowest BCUT2D eigenvalue weighted by molar-refractivity contribution is 0.0151. The molecule has 100 valence electrons. The normalized spacial score (nSPS) is 23.2. The molecule has 1 saturated carbocycles. The van der Waals surface area contributed by atoms with Gasteiger partial charge in [-0.25, -0.2) is 0 Å². The lowest BCUT2D eigenvalue weighted by Gasteiger charge is -2.37. The molecular weight excluding hydrogens is 310 g/mol. The lowest BCUT2D eigenvalue weighted by Crippen LogP contribution is -2.41. The van der Waals surface area contributed by atoms with E-state index in [1.807, 2.05) is 11.3 Å². The van der Waals surface area contributed by atoms with Crippen LogP contribution >= 0.6 is 27.3 Å². The van der Waals surface area contributed by atoms with Gasteiger partial charge in [-0.05, 0) is 65.6 Å². The molecule has 0 radical (unpaired) electrons. The van der Waals surface area contributed by atoms with Gasteiger partial charge in [-0.1, -0.05) is 0 Å². The summed E-state index contributed by atoms with van der Waals surface area (Å²) in [5.74, 6) is 0. The van der Waals surface area contributed by atoms with E-state index in [4.69, 9.17) is 4.74 Å². The second-order valence-corrected chi connectivity index (χ2v) is 8.20. The van der Waals surface area contributed by atoms with Crippen LogP contribution in [-0.2, 0) is 11.2 Å². The lowest BCUT2D eigenvalue weighted by atomic mass is 9.76. The molecule has 1 aromatic rings. The summed E-state index contributed by atoms with van der Waals surface area (Å²) in [6.45, 7) is 3.02. The zero-order valence-electron chi connectivity index (χ0n) is 10.6. The number of nitrogens with one attached hydrogen (secondary N) is 1. The topological polar surface area (TPSA) is 21.3 Å². The summed E-state index contributed by atoms with van der Waals surface area (Å²) < 4.78 is 6.80. The molecule has 2 nitrogen and oxygen atoms in total. The minimum absolute atomic E-state index is 0.422. The summed E-state index contributed by atoms with van der Waals surface area (Å²) in [7, 11) is 0. The van der Waals surface area contributed by atoms with Crippen molar-refractivity contribution in [2.24, 2.45) is 5.41 Å². The third-order valence-corrected chi connectivity index (χ3v) is 5.70. The Hall–Kier alpha value is 0.1000. The van der Waals surface area contributed by atoms with Crippen molar-refractivity contribution >= 4 is 27.3 Å². The SMILES string of the molecule is Brc1ccc(CC2(CNC3CC3)CCOCC2)s1. The Morgan fingerprint density at radius 1 is 1.33 bits per heavy atom. The highest BCUT2D eigenvalue weighted by molar-refractivity contribution is 9.11. The molecule has 18 heavy (non-hydrogen) atoms. The van der Waals surface area contributed by atoms with E-state index in [9.17, 15) is 0 Å². The number of thiophene rings is 1. The van der Waals surface area contributed by atoms with Gasteiger partial charge < -0.3 is 10.1 Å². The molecule has 0 bridgehead atoms. The summed E-state index contributed by atoms with van der Waals surface area (Å²) in [6, 6.07) is 5.24. The van der Waals surface area contributed by atoms with Gasteiger partial charge in [0.05, 0.1) is 3.79 Å². The second kappa shape index (κ2) is 5.61. The Kier molecular flexibility index (Phi) is 4.09. The van der Waals surface area contributed by atoms with Crippen molar-refractivity contribution in [2.75, 3.05) is 19.8 Å². The maximum Gasteiger partial charge on any atom is 0.0701 e. The number of halogens is 1. The minimum Gasteiger partial charge on any atom is -0.381 e. The first-order chi connectivity index (χ1) is 8.76. The summed E-state index contributed by atoms with van der Waals surface area (Å²) >= 11 is 5.44. The summed E-state index contributed by atoms with van der Waals surface area (Å²) in [6.07, 6.45) is 6.34. The van der Waals surface area contributed by atoms with Gasteiger partial charge in [0.1, 0.15) is 0 Å². The van der Waals surface area contributed by atoms with E-state index in [1.54, 1.807) is 0 Å². The third-order valence-electron chi connectivity index (χ3n) is 4.07. The largest absolute Gasteiger partial charge is 0.381 e. The molecule has 0 aromatic carbocycles. The average Bonchev–Trinajstić information content (AvgIpc) is 3.12. The van der Waals surface area contributed by atoms with Crippen LogP contribution in [0.2, 0.25) is 0 Å². The molecule has 1 aromatic heterocycles. The van der Waals surface area contributed by atoms with Crippen LogP contribution in [-0.4, -0.2) is 25.8 Å². The van der Waals surface area contributed by atoms with Crippen LogP contribution < -0.4 is 5.32 Å². The van der Waals surface area contributed by atoms with Crippen molar-refractivity contribution < 1.29 is 4.74 Å². The van der Waals surface area contributed by atoms with Crippen molar-refractivity contribution in [3.8, 4) is 0 Å². The van der Waals surface area contributed by atoms with E-state index in [0.29, 0.717) is 5.41 Å². The maximum atomic E-state index is 5.56. The van der Waals surface area contributed by atoms with Gasteiger partial charge in [0.25, 0.3) is 0 Å². The van der Waals surface area contributed by atoms with Gasteiger partial charge in [-0.2, -0.15) is 0 Å². The van der Waals surface area contributed by atoms with Gasteiger partial charge in [0.2, 0.25) is 0 Å². The van der Waals surface area contributed by atoms with Gasteiger partial charge in [-0.3, -0.25) is 0 Å². The highest BCUT2D eigenvalue weighted by atomic mass is 79.9. The summed E-state index contributed by atoms with van der Waals surface area (Å²) in [5, 5.41) is 3.73. The van der Waals surface area contributed by atoms with Crippen molar-refractivity contribution in [1.82, 2.24) is 5.32 Å². The van der Waals surface area contributed by atoms with Gasteiger partial charge in [-0.15, -0.1) is 11.3 Å². The fraction of sp³-hybridized carbons (Fsp3) is 0.714. The van der Waals surface area contributed by atoms with Crippen molar-refractivity contribution in [2.45, 2.75) is 38.1 Å². The quantitative estimate of drug-likeness (QED) is 0.891. The molecule has 0 amide bonds. The monoisotopic (exact) mass is 329 g/mol. The molecule has 1 N–H and O–H groups in total. The first-order valence-corrected chi connectivity index (χ1v) is 8.42. The maximum absolute atomic E-state index is 5.56. The smallest absolute Gasteiger partial charge is 0.0701 e. The van der Waals surface area contributed by atoms with Gasteiger partial charge >= 0.3 is 0 Å². The van der Waals surface area contributed by atoms with E-state index >= 15 is 0 Å². The molecule has 4 heteroatoms. The van der Waals surface area contributed by atoms with Crippen LogP contribution in [0, 0.1) is 5.41 Å². The van der Waals surface area contributed by atoms with Crippen molar-refractivity contribution in [3.63, 3.8) is 0 Å². The number of hydrogen-bond acceptors (Lipinski definition) is 3. The Bertz CT molecular complexity index is 396. The Labute approximate surface area is 121 Å². The predicted octanol–water partition coefficient (Wildman–Crippen LogP) is 3.60. The van der Waals surface area contributed by atoms with Crippen LogP contribution in [0.15, 0.2) is 15.9 Å². The molecule has 0 spiro atoms. The van der Waals surface area contributed by atoms with Crippen molar-refractivity contribution in [3.05, 3.63) is 20.8 Å². The fourth-order valence-corrected chi connectivity index (χ4v) is 4.34. The van der Waals surface area contributed by atoms with Crippen LogP contribution in [0.4, 0.5) is 0 Å². The molecule has 1 aliphatic heterocycles. The predicted molar refractivity (Wildman–Crippen MR) is 79.2 cm³/mol. The zero-order valence-corrected chi connectivity index (χ0v) is 13.0. The van der Waals surface area contributed by atoms with Gasteiger partial charge in [0, 0.05) is 30.7 Å². The van der Waals surface area contributed by atoms with Gasteiger partial charge in [0.15, 0.2) is 0 Å². The minimum atomic E-state index is 0.422. The fourth-order valence-electron chi connectivity index (χ4n) is 2.69. The number of ether oxygens (including phenoxy) is 1. The van der Waals surface area contributed by atoms with E-state index < -0.39 is 0 Å². The molecule has 3 rings (SSSR count). The van der Waals surface area contributed by atoms with E-state index in [-0.39, 0.29) is 0 Å². The number of hydrogen-bond donors (Lipinski definition) is 1. The van der Waals surface area contributed by atoms with Crippen LogP contribution in [0.3, 0.4) is 0 Å².